The van der Waals surface area contributed by atoms with Crippen molar-refractivity contribution in [3.05, 3.63) is 89.5 Å². The number of hydrogen-bond donors (Lipinski definition) is 1. The van der Waals surface area contributed by atoms with Gasteiger partial charge in [0.05, 0.1) is 6.04 Å². The number of nitrogens with zero attached hydrogens (tertiary/aromatic N) is 2. The van der Waals surface area contributed by atoms with Gasteiger partial charge >= 0.3 is 18.7 Å². The summed E-state index contributed by atoms with van der Waals surface area (Å²) in [6.07, 6.45) is -8.08. The van der Waals surface area contributed by atoms with Gasteiger partial charge in [-0.3, -0.25) is 14.4 Å². The van der Waals surface area contributed by atoms with Gasteiger partial charge in [0.1, 0.15) is 11.5 Å². The highest BCUT2D eigenvalue weighted by Gasteiger charge is 2.49. The highest BCUT2D eigenvalue weighted by atomic mass is 19.4. The number of halogens is 6. The Balaban J connectivity index is 1.51. The van der Waals surface area contributed by atoms with E-state index in [2.05, 4.69) is 9.47 Å². The number of carbonyl (C=O) groups excluding carboxylic acids is 2. The number of benzene rings is 3. The molecule has 1 aliphatic heterocycles. The number of para-hydroxylation sites is 1. The molecule has 1 fully saturated rings. The third kappa shape index (κ3) is 7.37. The maximum Gasteiger partial charge on any atom is 0.573 e. The minimum atomic E-state index is -4.92. The maximum absolute atomic E-state index is 14.0. The second-order valence-electron chi connectivity index (χ2n) is 11.0. The van der Waals surface area contributed by atoms with Gasteiger partial charge in [0.15, 0.2) is 0 Å². The first-order valence-electron chi connectivity index (χ1n) is 14.4. The van der Waals surface area contributed by atoms with Crippen LogP contribution in [0.3, 0.4) is 0 Å². The summed E-state index contributed by atoms with van der Waals surface area (Å²) in [4.78, 5) is 42.4. The lowest BCUT2D eigenvalue weighted by atomic mass is 9.81. The van der Waals surface area contributed by atoms with Crippen molar-refractivity contribution in [3.63, 3.8) is 0 Å². The zero-order chi connectivity index (χ0) is 33.2. The molecule has 46 heavy (non-hydrogen) atoms. The van der Waals surface area contributed by atoms with Crippen LogP contribution in [0.2, 0.25) is 0 Å². The number of carbonyl (C=O) groups is 3. The van der Waals surface area contributed by atoms with Crippen molar-refractivity contribution in [1.82, 2.24) is 4.90 Å². The fraction of sp³-hybridized carbons (Fsp3) is 0.344. The van der Waals surface area contributed by atoms with E-state index in [9.17, 15) is 45.8 Å². The van der Waals surface area contributed by atoms with Gasteiger partial charge in [0.2, 0.25) is 0 Å². The van der Waals surface area contributed by atoms with Crippen molar-refractivity contribution in [2.75, 3.05) is 11.4 Å². The zero-order valence-corrected chi connectivity index (χ0v) is 24.1. The van der Waals surface area contributed by atoms with Crippen LogP contribution in [-0.2, 0) is 4.79 Å². The second-order valence-corrected chi connectivity index (χ2v) is 11.0. The van der Waals surface area contributed by atoms with Crippen LogP contribution < -0.4 is 14.4 Å². The quantitative estimate of drug-likeness (QED) is 0.243. The first-order chi connectivity index (χ1) is 21.7. The van der Waals surface area contributed by atoms with Crippen LogP contribution in [0.5, 0.6) is 11.5 Å². The summed E-state index contributed by atoms with van der Waals surface area (Å²) in [5.74, 6) is -3.33. The molecule has 0 spiro atoms. The minimum absolute atomic E-state index is 0.0166. The molecule has 3 atom stereocenters. The molecule has 1 aliphatic carbocycles. The van der Waals surface area contributed by atoms with E-state index >= 15 is 0 Å². The largest absolute Gasteiger partial charge is 0.573 e. The third-order valence-electron chi connectivity index (χ3n) is 8.06. The van der Waals surface area contributed by atoms with Crippen molar-refractivity contribution in [1.29, 1.82) is 0 Å². The number of carboxylic acids is 1. The minimum Gasteiger partial charge on any atom is -0.481 e. The Morgan fingerprint density at radius 1 is 0.804 bits per heavy atom. The lowest BCUT2D eigenvalue weighted by Gasteiger charge is -2.47. The first-order valence-corrected chi connectivity index (χ1v) is 14.4. The number of fused-ring (bicyclic) bond motifs is 2. The average Bonchev–Trinajstić information content (AvgIpc) is 3.46. The van der Waals surface area contributed by atoms with Crippen LogP contribution >= 0.6 is 0 Å². The molecule has 3 aromatic rings. The van der Waals surface area contributed by atoms with Gasteiger partial charge in [0, 0.05) is 41.7 Å². The highest BCUT2D eigenvalue weighted by molar-refractivity contribution is 6.07. The van der Waals surface area contributed by atoms with Crippen molar-refractivity contribution in [3.8, 4) is 11.5 Å². The summed E-state index contributed by atoms with van der Waals surface area (Å²) in [6.45, 7) is 0.0166. The molecule has 2 amide bonds. The Bertz CT molecular complexity index is 1580. The van der Waals surface area contributed by atoms with E-state index in [0.29, 0.717) is 30.5 Å². The van der Waals surface area contributed by atoms with Gasteiger partial charge < -0.3 is 24.4 Å². The SMILES string of the molecule is O=C(O)CCCN(C(=O)c1ccc(OC(F)(F)F)cc1)C1c2ccccc2N(C(=O)c2ccc(OC(F)(F)F)cc2)C2CCCC12. The molecule has 1 saturated carbocycles. The summed E-state index contributed by atoms with van der Waals surface area (Å²) < 4.78 is 83.9. The monoisotopic (exact) mass is 650 g/mol. The second kappa shape index (κ2) is 12.9. The number of amides is 2. The molecule has 3 aromatic carbocycles. The van der Waals surface area contributed by atoms with E-state index in [0.717, 1.165) is 24.3 Å². The highest BCUT2D eigenvalue weighted by Crippen LogP contribution is 2.51. The predicted octanol–water partition coefficient (Wildman–Crippen LogP) is 7.36. The lowest BCUT2D eigenvalue weighted by Crippen LogP contribution is -2.52. The number of carboxylic acid groups (broad SMARTS) is 1. The number of hydrogen-bond acceptors (Lipinski definition) is 5. The maximum atomic E-state index is 14.0. The first kappa shape index (κ1) is 32.6. The normalized spacial score (nSPS) is 19.2. The Labute approximate surface area is 259 Å². The molecular weight excluding hydrogens is 622 g/mol. The van der Waals surface area contributed by atoms with Crippen LogP contribution in [0.1, 0.15) is 64.4 Å². The van der Waals surface area contributed by atoms with E-state index in [4.69, 9.17) is 0 Å². The standard InChI is InChI=1S/C32H28F6N2O6/c33-31(34,35)45-21-14-10-19(11-15-21)29(43)39(18-4-9-27(41)42)28-23-5-1-2-7-25(23)40(26-8-3-6-24(26)28)30(44)20-12-16-22(17-13-20)46-32(36,37)38/h1-2,5,7,10-17,24,26,28H,3-4,6,8-9,18H2,(H,41,42). The van der Waals surface area contributed by atoms with Crippen molar-refractivity contribution in [2.24, 2.45) is 5.92 Å². The van der Waals surface area contributed by atoms with Gasteiger partial charge in [0.25, 0.3) is 11.8 Å². The Kier molecular flexibility index (Phi) is 9.17. The fourth-order valence-electron chi connectivity index (χ4n) is 6.35. The fourth-order valence-corrected chi connectivity index (χ4v) is 6.35. The van der Waals surface area contributed by atoms with E-state index in [1.165, 1.54) is 29.2 Å². The van der Waals surface area contributed by atoms with Crippen LogP contribution in [0, 0.1) is 5.92 Å². The number of aliphatic carboxylic acids is 1. The molecule has 2 aliphatic rings. The summed E-state index contributed by atoms with van der Waals surface area (Å²) in [7, 11) is 0. The van der Waals surface area contributed by atoms with Crippen LogP contribution in [0.25, 0.3) is 0 Å². The van der Waals surface area contributed by atoms with Gasteiger partial charge in [-0.15, -0.1) is 26.3 Å². The van der Waals surface area contributed by atoms with Crippen molar-refractivity contribution < 1.29 is 55.3 Å². The van der Waals surface area contributed by atoms with Gasteiger partial charge in [-0.2, -0.15) is 0 Å². The molecule has 5 rings (SSSR count). The molecule has 8 nitrogen and oxygen atoms in total. The Morgan fingerprint density at radius 3 is 1.93 bits per heavy atom. The lowest BCUT2D eigenvalue weighted by molar-refractivity contribution is -0.275. The van der Waals surface area contributed by atoms with Gasteiger partial charge in [-0.25, -0.2) is 0 Å². The van der Waals surface area contributed by atoms with Crippen LogP contribution in [0.4, 0.5) is 32.0 Å². The van der Waals surface area contributed by atoms with Crippen molar-refractivity contribution >= 4 is 23.5 Å². The molecular formula is C32H28F6N2O6. The van der Waals surface area contributed by atoms with E-state index in [-0.39, 0.29) is 36.4 Å². The summed E-state index contributed by atoms with van der Waals surface area (Å²) in [5, 5.41) is 9.28. The number of ether oxygens (including phenoxy) is 2. The molecule has 14 heteroatoms. The Hall–Kier alpha value is -4.75. The number of anilines is 1. The van der Waals surface area contributed by atoms with Crippen LogP contribution in [0.15, 0.2) is 72.8 Å². The van der Waals surface area contributed by atoms with Gasteiger partial charge in [-0.1, -0.05) is 24.6 Å². The molecule has 1 N–H and O–H groups in total. The molecule has 0 radical (unpaired) electrons. The number of alkyl halides is 6. The third-order valence-corrected chi connectivity index (χ3v) is 8.06. The molecule has 0 saturated heterocycles. The average molecular weight is 651 g/mol. The smallest absolute Gasteiger partial charge is 0.481 e. The van der Waals surface area contributed by atoms with E-state index < -0.39 is 54.1 Å². The summed E-state index contributed by atoms with van der Waals surface area (Å²) in [5.41, 5.74) is 1.29. The van der Waals surface area contributed by atoms with Crippen LogP contribution in [-0.4, -0.2) is 53.1 Å². The van der Waals surface area contributed by atoms with Crippen molar-refractivity contribution in [2.45, 2.75) is 56.9 Å². The predicted molar refractivity (Wildman–Crippen MR) is 151 cm³/mol. The number of rotatable bonds is 9. The molecule has 0 aromatic heterocycles. The molecule has 0 bridgehead atoms. The van der Waals surface area contributed by atoms with Gasteiger partial charge in [-0.05, 0) is 79.4 Å². The Morgan fingerprint density at radius 2 is 1.37 bits per heavy atom. The van der Waals surface area contributed by atoms with E-state index in [1.54, 1.807) is 29.2 Å². The van der Waals surface area contributed by atoms with E-state index in [1.807, 2.05) is 0 Å². The molecule has 3 unspecified atom stereocenters. The molecule has 244 valence electrons. The zero-order valence-electron chi connectivity index (χ0n) is 24.1. The topological polar surface area (TPSA) is 96.4 Å². The summed E-state index contributed by atoms with van der Waals surface area (Å²) >= 11 is 0. The summed E-state index contributed by atoms with van der Waals surface area (Å²) in [6, 6.07) is 14.9. The molecule has 1 heterocycles.